The maximum Gasteiger partial charge on any atom is 0.201 e. The van der Waals surface area contributed by atoms with Crippen LogP contribution in [0.1, 0.15) is 5.69 Å². The van der Waals surface area contributed by atoms with Crippen molar-refractivity contribution in [3.8, 4) is 16.9 Å². The van der Waals surface area contributed by atoms with Crippen molar-refractivity contribution in [3.63, 3.8) is 0 Å². The van der Waals surface area contributed by atoms with Gasteiger partial charge in [-0.3, -0.25) is 4.72 Å². The Morgan fingerprint density at radius 2 is 1.59 bits per heavy atom. The van der Waals surface area contributed by atoms with Crippen LogP contribution in [-0.2, 0) is 17.5 Å². The zero-order valence-corrected chi connectivity index (χ0v) is 19.1. The molecule has 162 valence electrons. The monoisotopic (exact) mass is 483 g/mol. The van der Waals surface area contributed by atoms with Gasteiger partial charge >= 0.3 is 0 Å². The molecule has 4 aromatic rings. The Kier molecular flexibility index (Phi) is 6.90. The molecule has 3 N–H and O–H groups in total. The Labute approximate surface area is 198 Å². The lowest BCUT2D eigenvalue weighted by atomic mass is 10.1. The molecule has 0 fully saturated rings. The Morgan fingerprint density at radius 1 is 0.969 bits per heavy atom. The van der Waals surface area contributed by atoms with E-state index in [0.717, 1.165) is 16.9 Å². The van der Waals surface area contributed by atoms with Crippen LogP contribution in [0.25, 0.3) is 16.9 Å². The van der Waals surface area contributed by atoms with Crippen LogP contribution in [0.4, 0.5) is 0 Å². The van der Waals surface area contributed by atoms with Gasteiger partial charge < -0.3 is 5.73 Å². The smallest absolute Gasteiger partial charge is 0.201 e. The lowest BCUT2D eigenvalue weighted by Crippen LogP contribution is -2.33. The first-order valence-electron chi connectivity index (χ1n) is 9.64. The SMILES string of the molecule is NC(=NCc1cc(-c2ccc(Cl)cc2)n(-c2ccc(Cl)cc2)n1)NS(=O)c1ccccc1. The fourth-order valence-corrected chi connectivity index (χ4v) is 4.04. The summed E-state index contributed by atoms with van der Waals surface area (Å²) in [7, 11) is -1.49. The van der Waals surface area contributed by atoms with Crippen molar-refractivity contribution in [2.45, 2.75) is 11.4 Å². The molecule has 0 bridgehead atoms. The number of hydrogen-bond acceptors (Lipinski definition) is 3. The predicted molar refractivity (Wildman–Crippen MR) is 130 cm³/mol. The molecule has 32 heavy (non-hydrogen) atoms. The van der Waals surface area contributed by atoms with Gasteiger partial charge in [-0.25, -0.2) is 13.9 Å². The van der Waals surface area contributed by atoms with E-state index in [1.54, 1.807) is 12.1 Å². The number of rotatable bonds is 6. The highest BCUT2D eigenvalue weighted by atomic mass is 35.5. The van der Waals surface area contributed by atoms with Crippen LogP contribution in [0.3, 0.4) is 0 Å². The first-order chi connectivity index (χ1) is 15.5. The molecular weight excluding hydrogens is 465 g/mol. The third-order valence-corrected chi connectivity index (χ3v) is 6.14. The van der Waals surface area contributed by atoms with Gasteiger partial charge in [-0.1, -0.05) is 53.5 Å². The van der Waals surface area contributed by atoms with E-state index < -0.39 is 11.0 Å². The quantitative estimate of drug-likeness (QED) is 0.299. The minimum absolute atomic E-state index is 0.0706. The molecule has 0 radical (unpaired) electrons. The normalized spacial score (nSPS) is 12.5. The minimum atomic E-state index is -1.49. The molecule has 3 aromatic carbocycles. The van der Waals surface area contributed by atoms with Gasteiger partial charge in [0.1, 0.15) is 0 Å². The van der Waals surface area contributed by atoms with Crippen molar-refractivity contribution >= 4 is 40.1 Å². The summed E-state index contributed by atoms with van der Waals surface area (Å²) in [6.07, 6.45) is 0. The molecule has 0 aliphatic heterocycles. The average Bonchev–Trinajstić information content (AvgIpc) is 3.23. The van der Waals surface area contributed by atoms with Crippen molar-refractivity contribution in [1.29, 1.82) is 0 Å². The largest absolute Gasteiger partial charge is 0.369 e. The highest BCUT2D eigenvalue weighted by Crippen LogP contribution is 2.26. The van der Waals surface area contributed by atoms with E-state index in [2.05, 4.69) is 9.71 Å². The van der Waals surface area contributed by atoms with Gasteiger partial charge in [0.25, 0.3) is 0 Å². The van der Waals surface area contributed by atoms with Crippen LogP contribution in [0, 0.1) is 0 Å². The summed E-state index contributed by atoms with van der Waals surface area (Å²) in [6.45, 7) is 0.214. The first kappa shape index (κ1) is 22.1. The molecular formula is C23H19Cl2N5OS. The summed E-state index contributed by atoms with van der Waals surface area (Å²) in [5.41, 5.74) is 9.31. The molecule has 1 atom stereocenters. The standard InChI is InChI=1S/C23H19Cl2N5OS/c24-17-8-6-16(7-9-17)22-14-19(28-30(22)20-12-10-18(25)11-13-20)15-27-23(26)29-32(31)21-4-2-1-3-5-21/h1-14H,15H2,(H3,26,27,29). The number of benzene rings is 3. The van der Waals surface area contributed by atoms with Crippen LogP contribution in [0.2, 0.25) is 10.0 Å². The molecule has 9 heteroatoms. The summed E-state index contributed by atoms with van der Waals surface area (Å²) in [6, 6.07) is 25.8. The predicted octanol–water partition coefficient (Wildman–Crippen LogP) is 4.97. The number of aliphatic imine (C=N–C) groups is 1. The third kappa shape index (κ3) is 5.37. The number of nitrogens with two attached hydrogens (primary N) is 1. The minimum Gasteiger partial charge on any atom is -0.369 e. The zero-order valence-electron chi connectivity index (χ0n) is 16.8. The highest BCUT2D eigenvalue weighted by Gasteiger charge is 2.12. The summed E-state index contributed by atoms with van der Waals surface area (Å²) < 4.78 is 16.9. The maximum absolute atomic E-state index is 12.3. The number of nitrogens with zero attached hydrogens (tertiary/aromatic N) is 3. The summed E-state index contributed by atoms with van der Waals surface area (Å²) in [5.74, 6) is 0.0706. The second-order valence-electron chi connectivity index (χ2n) is 6.80. The van der Waals surface area contributed by atoms with Crippen LogP contribution in [0.15, 0.2) is 94.8 Å². The molecule has 0 aliphatic rings. The molecule has 1 heterocycles. The van der Waals surface area contributed by atoms with Gasteiger partial charge in [-0.15, -0.1) is 0 Å². The summed E-state index contributed by atoms with van der Waals surface area (Å²) >= 11 is 12.1. The molecule has 0 saturated carbocycles. The lowest BCUT2D eigenvalue weighted by Gasteiger charge is -2.08. The van der Waals surface area contributed by atoms with E-state index >= 15 is 0 Å². The van der Waals surface area contributed by atoms with Gasteiger partial charge in [0.2, 0.25) is 5.96 Å². The second kappa shape index (κ2) is 9.99. The molecule has 1 aromatic heterocycles. The first-order valence-corrected chi connectivity index (χ1v) is 11.5. The van der Waals surface area contributed by atoms with Gasteiger partial charge in [-0.05, 0) is 54.6 Å². The number of hydrogen-bond donors (Lipinski definition) is 2. The van der Waals surface area contributed by atoms with Gasteiger partial charge in [0, 0.05) is 15.6 Å². The van der Waals surface area contributed by atoms with Crippen LogP contribution in [-0.4, -0.2) is 19.9 Å². The topological polar surface area (TPSA) is 85.3 Å². The fourth-order valence-electron chi connectivity index (χ4n) is 3.01. The van der Waals surface area contributed by atoms with Crippen molar-refractivity contribution in [1.82, 2.24) is 14.5 Å². The summed E-state index contributed by atoms with van der Waals surface area (Å²) in [4.78, 5) is 4.92. The van der Waals surface area contributed by atoms with E-state index in [-0.39, 0.29) is 12.5 Å². The summed E-state index contributed by atoms with van der Waals surface area (Å²) in [5, 5.41) is 5.99. The van der Waals surface area contributed by atoms with E-state index in [0.29, 0.717) is 20.6 Å². The highest BCUT2D eigenvalue weighted by molar-refractivity contribution is 7.83. The van der Waals surface area contributed by atoms with E-state index in [9.17, 15) is 4.21 Å². The third-order valence-electron chi connectivity index (χ3n) is 4.54. The average molecular weight is 484 g/mol. The van der Waals surface area contributed by atoms with Crippen molar-refractivity contribution in [3.05, 3.63) is 101 Å². The van der Waals surface area contributed by atoms with Gasteiger partial charge in [0.15, 0.2) is 11.0 Å². The van der Waals surface area contributed by atoms with Crippen LogP contribution >= 0.6 is 23.2 Å². The molecule has 0 amide bonds. The van der Waals surface area contributed by atoms with E-state index in [1.807, 2.05) is 77.5 Å². The van der Waals surface area contributed by atoms with Crippen LogP contribution < -0.4 is 10.5 Å². The van der Waals surface area contributed by atoms with Crippen LogP contribution in [0.5, 0.6) is 0 Å². The number of aromatic nitrogens is 2. The Hall–Kier alpha value is -3.13. The number of nitrogens with one attached hydrogen (secondary N) is 1. The van der Waals surface area contributed by atoms with Gasteiger partial charge in [-0.2, -0.15) is 5.10 Å². The Balaban J connectivity index is 1.59. The van der Waals surface area contributed by atoms with E-state index in [4.69, 9.17) is 34.0 Å². The Morgan fingerprint density at radius 3 is 2.25 bits per heavy atom. The lowest BCUT2D eigenvalue weighted by molar-refractivity contribution is 0.680. The Bertz CT molecular complexity index is 1190. The molecule has 1 unspecified atom stereocenters. The molecule has 4 rings (SSSR count). The van der Waals surface area contributed by atoms with E-state index in [1.165, 1.54) is 0 Å². The second-order valence-corrected chi connectivity index (χ2v) is 8.89. The number of halogens is 2. The maximum atomic E-state index is 12.3. The fraction of sp³-hybridized carbons (Fsp3) is 0.0435. The molecule has 0 aliphatic carbocycles. The zero-order chi connectivity index (χ0) is 22.5. The van der Waals surface area contributed by atoms with Gasteiger partial charge in [0.05, 0.1) is 28.5 Å². The van der Waals surface area contributed by atoms with Crippen molar-refractivity contribution in [2.24, 2.45) is 10.7 Å². The van der Waals surface area contributed by atoms with Crippen molar-refractivity contribution in [2.75, 3.05) is 0 Å². The molecule has 0 saturated heterocycles. The molecule has 0 spiro atoms. The molecule has 6 nitrogen and oxygen atoms in total. The number of guanidine groups is 1. The van der Waals surface area contributed by atoms with Crippen molar-refractivity contribution < 1.29 is 4.21 Å².